The minimum Gasteiger partial charge on any atom is -0.351 e. The summed E-state index contributed by atoms with van der Waals surface area (Å²) in [7, 11) is 0. The highest BCUT2D eigenvalue weighted by atomic mass is 79.9. The van der Waals surface area contributed by atoms with Gasteiger partial charge in [-0.3, -0.25) is 4.79 Å². The Morgan fingerprint density at radius 3 is 2.61 bits per heavy atom. The topological polar surface area (TPSA) is 29.1 Å². The molecule has 0 bridgehead atoms. The number of carbonyl (C=O) groups excluding carboxylic acids is 1. The van der Waals surface area contributed by atoms with Gasteiger partial charge in [0.2, 0.25) is 0 Å². The Kier molecular flexibility index (Phi) is 4.89. The second kappa shape index (κ2) is 6.06. The number of halogens is 2. The lowest BCUT2D eigenvalue weighted by atomic mass is 9.76. The van der Waals surface area contributed by atoms with Crippen LogP contribution in [0.2, 0.25) is 0 Å². The second-order valence-corrected chi connectivity index (χ2v) is 8.51. The van der Waals surface area contributed by atoms with Gasteiger partial charge in [0, 0.05) is 11.0 Å². The van der Waals surface area contributed by atoms with Crippen LogP contribution in [0.4, 0.5) is 0 Å². The summed E-state index contributed by atoms with van der Waals surface area (Å²) < 4.78 is 1.91. The molecule has 0 aromatic carbocycles. The first-order valence-electron chi connectivity index (χ1n) is 6.23. The van der Waals surface area contributed by atoms with Gasteiger partial charge in [-0.15, -0.1) is 11.3 Å². The molecule has 1 heterocycles. The van der Waals surface area contributed by atoms with Crippen molar-refractivity contribution in [3.8, 4) is 0 Å². The van der Waals surface area contributed by atoms with Crippen LogP contribution < -0.4 is 5.32 Å². The van der Waals surface area contributed by atoms with Crippen molar-refractivity contribution in [2.24, 2.45) is 5.41 Å². The van der Waals surface area contributed by atoms with Crippen molar-refractivity contribution in [3.05, 3.63) is 19.2 Å². The molecule has 1 aromatic heterocycles. The Morgan fingerprint density at radius 2 is 2.06 bits per heavy atom. The summed E-state index contributed by atoms with van der Waals surface area (Å²) in [5.74, 6) is 0.0400. The Balaban J connectivity index is 1.91. The third kappa shape index (κ3) is 3.58. The van der Waals surface area contributed by atoms with E-state index in [0.29, 0.717) is 5.41 Å². The molecular weight excluding hydrogens is 378 g/mol. The quantitative estimate of drug-likeness (QED) is 0.769. The Morgan fingerprint density at radius 1 is 1.39 bits per heavy atom. The summed E-state index contributed by atoms with van der Waals surface area (Å²) in [6.45, 7) is 3.08. The molecule has 2 nitrogen and oxygen atoms in total. The van der Waals surface area contributed by atoms with Gasteiger partial charge in [0.15, 0.2) is 0 Å². The predicted molar refractivity (Wildman–Crippen MR) is 83.2 cm³/mol. The fourth-order valence-corrected chi connectivity index (χ4v) is 4.37. The summed E-state index contributed by atoms with van der Waals surface area (Å²) in [4.78, 5) is 12.8. The summed E-state index contributed by atoms with van der Waals surface area (Å²) >= 11 is 8.29. The summed E-state index contributed by atoms with van der Waals surface area (Å²) in [5, 5.41) is 3.08. The van der Waals surface area contributed by atoms with Gasteiger partial charge in [0.1, 0.15) is 0 Å². The number of amides is 1. The molecule has 0 radical (unpaired) electrons. The minimum absolute atomic E-state index is 0.0400. The summed E-state index contributed by atoms with van der Waals surface area (Å²) in [6.07, 6.45) is 6.38. The van der Waals surface area contributed by atoms with Crippen molar-refractivity contribution >= 4 is 49.1 Å². The zero-order chi connectivity index (χ0) is 13.2. The third-order valence-corrected chi connectivity index (χ3v) is 6.86. The number of nitrogens with one attached hydrogen (secondary N) is 1. The highest BCUT2D eigenvalue weighted by molar-refractivity contribution is 9.13. The van der Waals surface area contributed by atoms with Gasteiger partial charge in [-0.2, -0.15) is 0 Å². The van der Waals surface area contributed by atoms with Gasteiger partial charge in [-0.25, -0.2) is 0 Å². The second-order valence-electron chi connectivity index (χ2n) is 5.29. The van der Waals surface area contributed by atoms with Gasteiger partial charge in [0.05, 0.1) is 8.66 Å². The third-order valence-electron chi connectivity index (χ3n) is 3.61. The van der Waals surface area contributed by atoms with Crippen molar-refractivity contribution < 1.29 is 4.79 Å². The van der Waals surface area contributed by atoms with Gasteiger partial charge in [-0.1, -0.05) is 26.2 Å². The number of hydrogen-bond acceptors (Lipinski definition) is 2. The van der Waals surface area contributed by atoms with E-state index in [-0.39, 0.29) is 5.91 Å². The van der Waals surface area contributed by atoms with E-state index in [9.17, 15) is 4.79 Å². The lowest BCUT2D eigenvalue weighted by molar-refractivity contribution is 0.0923. The highest BCUT2D eigenvalue weighted by Crippen LogP contribution is 2.35. The van der Waals surface area contributed by atoms with Gasteiger partial charge in [-0.05, 0) is 56.2 Å². The van der Waals surface area contributed by atoms with E-state index in [1.54, 1.807) is 0 Å². The van der Waals surface area contributed by atoms with E-state index < -0.39 is 0 Å². The lowest BCUT2D eigenvalue weighted by Crippen LogP contribution is -2.36. The number of hydrogen-bond donors (Lipinski definition) is 1. The molecule has 1 aromatic rings. The van der Waals surface area contributed by atoms with Crippen LogP contribution in [-0.2, 0) is 0 Å². The highest BCUT2D eigenvalue weighted by Gasteiger charge is 2.27. The van der Waals surface area contributed by atoms with Crippen LogP contribution in [0.3, 0.4) is 0 Å². The standard InChI is InChI=1S/C13H17Br2NOS/c1-13(5-3-2-4-6-13)8-16-12(17)10-7-9(14)11(15)18-10/h7H,2-6,8H2,1H3,(H,16,17). The smallest absolute Gasteiger partial charge is 0.261 e. The molecule has 0 saturated heterocycles. The molecule has 100 valence electrons. The molecule has 5 heteroatoms. The number of thiophene rings is 1. The molecule has 0 unspecified atom stereocenters. The molecule has 1 aliphatic carbocycles. The molecule has 2 rings (SSSR count). The van der Waals surface area contributed by atoms with Crippen LogP contribution in [0.15, 0.2) is 14.3 Å². The first-order valence-corrected chi connectivity index (χ1v) is 8.63. The van der Waals surface area contributed by atoms with E-state index in [1.807, 2.05) is 6.07 Å². The lowest BCUT2D eigenvalue weighted by Gasteiger charge is -2.33. The van der Waals surface area contributed by atoms with E-state index in [2.05, 4.69) is 44.1 Å². The maximum Gasteiger partial charge on any atom is 0.261 e. The molecule has 1 aliphatic rings. The predicted octanol–water partition coefficient (Wildman–Crippen LogP) is 4.97. The first kappa shape index (κ1) is 14.5. The molecule has 1 amide bonds. The largest absolute Gasteiger partial charge is 0.351 e. The number of carbonyl (C=O) groups is 1. The van der Waals surface area contributed by atoms with Crippen LogP contribution >= 0.6 is 43.2 Å². The van der Waals surface area contributed by atoms with E-state index >= 15 is 0 Å². The average molecular weight is 395 g/mol. The normalized spacial score (nSPS) is 18.6. The van der Waals surface area contributed by atoms with Crippen LogP contribution in [0.5, 0.6) is 0 Å². The minimum atomic E-state index is 0.0400. The van der Waals surface area contributed by atoms with E-state index in [0.717, 1.165) is 19.7 Å². The van der Waals surface area contributed by atoms with Crippen LogP contribution in [0, 0.1) is 5.41 Å². The summed E-state index contributed by atoms with van der Waals surface area (Å²) in [6, 6.07) is 1.87. The number of rotatable bonds is 3. The van der Waals surface area contributed by atoms with Crippen molar-refractivity contribution in [1.82, 2.24) is 5.32 Å². The fourth-order valence-electron chi connectivity index (χ4n) is 2.42. The molecule has 0 aliphatic heterocycles. The molecular formula is C13H17Br2NOS. The zero-order valence-electron chi connectivity index (χ0n) is 10.4. The fraction of sp³-hybridized carbons (Fsp3) is 0.615. The maximum absolute atomic E-state index is 12.1. The SMILES string of the molecule is CC1(CNC(=O)c2cc(Br)c(Br)s2)CCCCC1. The van der Waals surface area contributed by atoms with Crippen molar-refractivity contribution in [1.29, 1.82) is 0 Å². The Labute approximate surface area is 129 Å². The maximum atomic E-state index is 12.1. The van der Waals surface area contributed by atoms with Gasteiger partial charge >= 0.3 is 0 Å². The molecule has 18 heavy (non-hydrogen) atoms. The van der Waals surface area contributed by atoms with E-state index in [4.69, 9.17) is 0 Å². The van der Waals surface area contributed by atoms with Crippen LogP contribution in [-0.4, -0.2) is 12.5 Å². The van der Waals surface area contributed by atoms with Crippen molar-refractivity contribution in [2.75, 3.05) is 6.54 Å². The molecule has 0 spiro atoms. The average Bonchev–Trinajstić information content (AvgIpc) is 2.68. The van der Waals surface area contributed by atoms with Crippen LogP contribution in [0.25, 0.3) is 0 Å². The summed E-state index contributed by atoms with van der Waals surface area (Å²) in [5.41, 5.74) is 0.291. The Hall–Kier alpha value is 0.130. The monoisotopic (exact) mass is 393 g/mol. The van der Waals surface area contributed by atoms with Crippen LogP contribution in [0.1, 0.15) is 48.7 Å². The molecule has 1 saturated carbocycles. The van der Waals surface area contributed by atoms with Gasteiger partial charge < -0.3 is 5.32 Å². The van der Waals surface area contributed by atoms with Crippen molar-refractivity contribution in [2.45, 2.75) is 39.0 Å². The molecule has 0 atom stereocenters. The first-order chi connectivity index (χ1) is 8.50. The molecule has 1 fully saturated rings. The zero-order valence-corrected chi connectivity index (χ0v) is 14.4. The van der Waals surface area contributed by atoms with E-state index in [1.165, 1.54) is 43.4 Å². The van der Waals surface area contributed by atoms with Crippen molar-refractivity contribution in [3.63, 3.8) is 0 Å². The molecule has 1 N–H and O–H groups in total. The Bertz CT molecular complexity index is 419. The van der Waals surface area contributed by atoms with Gasteiger partial charge in [0.25, 0.3) is 5.91 Å².